The largest absolute Gasteiger partial charge is 0.490 e. The van der Waals surface area contributed by atoms with E-state index in [2.05, 4.69) is 10.3 Å². The first-order valence-electron chi connectivity index (χ1n) is 7.08. The summed E-state index contributed by atoms with van der Waals surface area (Å²) >= 11 is 0. The predicted octanol–water partition coefficient (Wildman–Crippen LogP) is 2.89. The van der Waals surface area contributed by atoms with Crippen molar-refractivity contribution in [3.63, 3.8) is 0 Å². The van der Waals surface area contributed by atoms with Crippen molar-refractivity contribution in [1.29, 1.82) is 0 Å². The number of rotatable bonds is 3. The van der Waals surface area contributed by atoms with Crippen molar-refractivity contribution in [2.24, 2.45) is 4.99 Å². The minimum absolute atomic E-state index is 0.219. The van der Waals surface area contributed by atoms with Crippen molar-refractivity contribution in [2.75, 3.05) is 13.1 Å². The monoisotopic (exact) mass is 262 g/mol. The second kappa shape index (κ2) is 5.59. The molecule has 1 aromatic carbocycles. The van der Waals surface area contributed by atoms with Gasteiger partial charge < -0.3 is 10.1 Å². The van der Waals surface area contributed by atoms with Crippen LogP contribution in [0.5, 0.6) is 5.75 Å². The van der Waals surface area contributed by atoms with Crippen LogP contribution >= 0.6 is 0 Å². The summed E-state index contributed by atoms with van der Waals surface area (Å²) in [5, 5.41) is 3.12. The Labute approximate surface area is 112 Å². The standard InChI is InChI=1S/C15H19FN2O/c16-12-7-4-8-13(14(12)15-17-9-10-18-15)19-11-5-2-1-3-6-11/h4,7-8,11H,1-3,5-6,9-10H2,(H,17,18). The number of hydrogen-bond donors (Lipinski definition) is 1. The molecular formula is C15H19FN2O. The minimum atomic E-state index is -0.263. The lowest BCUT2D eigenvalue weighted by molar-refractivity contribution is 0.154. The van der Waals surface area contributed by atoms with Gasteiger partial charge in [0.2, 0.25) is 0 Å². The summed E-state index contributed by atoms with van der Waals surface area (Å²) in [5.74, 6) is 0.991. The average Bonchev–Trinajstić information content (AvgIpc) is 2.94. The Morgan fingerprint density at radius 1 is 1.21 bits per heavy atom. The fraction of sp³-hybridized carbons (Fsp3) is 0.533. The molecule has 1 aliphatic carbocycles. The Balaban J connectivity index is 1.85. The van der Waals surface area contributed by atoms with Crippen molar-refractivity contribution in [3.8, 4) is 5.75 Å². The molecular weight excluding hydrogens is 243 g/mol. The molecule has 0 saturated heterocycles. The van der Waals surface area contributed by atoms with Crippen molar-refractivity contribution in [1.82, 2.24) is 5.32 Å². The third kappa shape index (κ3) is 2.72. The zero-order valence-corrected chi connectivity index (χ0v) is 11.0. The van der Waals surface area contributed by atoms with Gasteiger partial charge in [0.05, 0.1) is 18.2 Å². The lowest BCUT2D eigenvalue weighted by Gasteiger charge is -2.24. The van der Waals surface area contributed by atoms with Crippen molar-refractivity contribution < 1.29 is 9.13 Å². The van der Waals surface area contributed by atoms with Crippen molar-refractivity contribution in [2.45, 2.75) is 38.2 Å². The number of amidine groups is 1. The Hall–Kier alpha value is -1.58. The molecule has 0 radical (unpaired) electrons. The number of hydrogen-bond acceptors (Lipinski definition) is 3. The van der Waals surface area contributed by atoms with Gasteiger partial charge in [0.1, 0.15) is 17.4 Å². The molecule has 3 rings (SSSR count). The second-order valence-corrected chi connectivity index (χ2v) is 5.15. The van der Waals surface area contributed by atoms with E-state index < -0.39 is 0 Å². The SMILES string of the molecule is Fc1cccc(OC2CCCCC2)c1C1=NCCN1. The van der Waals surface area contributed by atoms with Crippen LogP contribution in [0.3, 0.4) is 0 Å². The molecule has 1 saturated carbocycles. The molecule has 1 aromatic rings. The number of aliphatic imine (C=N–C) groups is 1. The van der Waals surface area contributed by atoms with E-state index in [1.165, 1.54) is 25.3 Å². The van der Waals surface area contributed by atoms with E-state index in [-0.39, 0.29) is 11.9 Å². The minimum Gasteiger partial charge on any atom is -0.490 e. The predicted molar refractivity (Wildman–Crippen MR) is 73.3 cm³/mol. The van der Waals surface area contributed by atoms with Crippen LogP contribution in [0.15, 0.2) is 23.2 Å². The molecule has 1 aliphatic heterocycles. The highest BCUT2D eigenvalue weighted by Crippen LogP contribution is 2.28. The highest BCUT2D eigenvalue weighted by Gasteiger charge is 2.21. The lowest BCUT2D eigenvalue weighted by atomic mass is 9.97. The quantitative estimate of drug-likeness (QED) is 0.908. The van der Waals surface area contributed by atoms with Gasteiger partial charge in [-0.15, -0.1) is 0 Å². The van der Waals surface area contributed by atoms with E-state index in [1.807, 2.05) is 6.07 Å². The van der Waals surface area contributed by atoms with E-state index in [0.717, 1.165) is 19.4 Å². The summed E-state index contributed by atoms with van der Waals surface area (Å²) in [5.41, 5.74) is 0.491. The maximum Gasteiger partial charge on any atom is 0.137 e. The van der Waals surface area contributed by atoms with E-state index in [1.54, 1.807) is 6.07 Å². The summed E-state index contributed by atoms with van der Waals surface area (Å²) in [6, 6.07) is 5.01. The van der Waals surface area contributed by atoms with Crippen molar-refractivity contribution >= 4 is 5.84 Å². The Morgan fingerprint density at radius 3 is 2.79 bits per heavy atom. The van der Waals surface area contributed by atoms with Gasteiger partial charge in [0.25, 0.3) is 0 Å². The number of benzene rings is 1. The molecule has 1 N–H and O–H groups in total. The third-order valence-corrected chi connectivity index (χ3v) is 3.73. The molecule has 0 aromatic heterocycles. The van der Waals surface area contributed by atoms with Crippen LogP contribution in [-0.4, -0.2) is 25.0 Å². The summed E-state index contributed by atoms with van der Waals surface area (Å²) in [4.78, 5) is 4.31. The molecule has 0 unspecified atom stereocenters. The molecule has 0 bridgehead atoms. The normalized spacial score (nSPS) is 19.9. The summed E-state index contributed by atoms with van der Waals surface area (Å²) in [6.45, 7) is 1.47. The van der Waals surface area contributed by atoms with Gasteiger partial charge in [-0.2, -0.15) is 0 Å². The summed E-state index contributed by atoms with van der Waals surface area (Å²) in [6.07, 6.45) is 6.04. The van der Waals surface area contributed by atoms with E-state index in [0.29, 0.717) is 23.7 Å². The number of nitrogens with zero attached hydrogens (tertiary/aromatic N) is 1. The Kier molecular flexibility index (Phi) is 3.67. The van der Waals surface area contributed by atoms with Crippen LogP contribution in [0.25, 0.3) is 0 Å². The Morgan fingerprint density at radius 2 is 2.05 bits per heavy atom. The fourth-order valence-electron chi connectivity index (χ4n) is 2.76. The maximum absolute atomic E-state index is 14.1. The van der Waals surface area contributed by atoms with Gasteiger partial charge in [0.15, 0.2) is 0 Å². The van der Waals surface area contributed by atoms with Crippen LogP contribution < -0.4 is 10.1 Å². The van der Waals surface area contributed by atoms with Crippen LogP contribution in [0.4, 0.5) is 4.39 Å². The highest BCUT2D eigenvalue weighted by atomic mass is 19.1. The van der Waals surface area contributed by atoms with Gasteiger partial charge in [0, 0.05) is 6.54 Å². The molecule has 0 spiro atoms. The van der Waals surface area contributed by atoms with E-state index in [9.17, 15) is 4.39 Å². The van der Waals surface area contributed by atoms with Crippen LogP contribution in [0.1, 0.15) is 37.7 Å². The molecule has 3 nitrogen and oxygen atoms in total. The summed E-state index contributed by atoms with van der Waals surface area (Å²) in [7, 11) is 0. The Bertz CT molecular complexity index is 481. The molecule has 1 fully saturated rings. The third-order valence-electron chi connectivity index (χ3n) is 3.73. The maximum atomic E-state index is 14.1. The summed E-state index contributed by atoms with van der Waals surface area (Å²) < 4.78 is 20.1. The highest BCUT2D eigenvalue weighted by molar-refractivity contribution is 6.02. The zero-order valence-electron chi connectivity index (χ0n) is 11.0. The average molecular weight is 262 g/mol. The fourth-order valence-corrected chi connectivity index (χ4v) is 2.76. The van der Waals surface area contributed by atoms with E-state index in [4.69, 9.17) is 4.74 Å². The molecule has 102 valence electrons. The van der Waals surface area contributed by atoms with Crippen LogP contribution in [0, 0.1) is 5.82 Å². The van der Waals surface area contributed by atoms with E-state index >= 15 is 0 Å². The molecule has 1 heterocycles. The van der Waals surface area contributed by atoms with Gasteiger partial charge in [-0.05, 0) is 37.8 Å². The number of halogens is 1. The number of nitrogens with one attached hydrogen (secondary N) is 1. The molecule has 0 atom stereocenters. The van der Waals surface area contributed by atoms with Crippen molar-refractivity contribution in [3.05, 3.63) is 29.6 Å². The molecule has 2 aliphatic rings. The topological polar surface area (TPSA) is 33.6 Å². The first-order valence-corrected chi connectivity index (χ1v) is 7.08. The second-order valence-electron chi connectivity index (χ2n) is 5.15. The first kappa shape index (κ1) is 12.5. The van der Waals surface area contributed by atoms with Gasteiger partial charge in [-0.25, -0.2) is 4.39 Å². The zero-order chi connectivity index (χ0) is 13.1. The number of ether oxygens (including phenoxy) is 1. The molecule has 0 amide bonds. The van der Waals surface area contributed by atoms with Crippen LogP contribution in [0.2, 0.25) is 0 Å². The van der Waals surface area contributed by atoms with Gasteiger partial charge in [-0.3, -0.25) is 4.99 Å². The molecule has 4 heteroatoms. The lowest BCUT2D eigenvalue weighted by Crippen LogP contribution is -2.25. The first-order chi connectivity index (χ1) is 9.34. The molecule has 19 heavy (non-hydrogen) atoms. The van der Waals surface area contributed by atoms with Gasteiger partial charge in [-0.1, -0.05) is 12.5 Å². The van der Waals surface area contributed by atoms with Crippen LogP contribution in [-0.2, 0) is 0 Å². The smallest absolute Gasteiger partial charge is 0.137 e. The van der Waals surface area contributed by atoms with Gasteiger partial charge >= 0.3 is 0 Å².